The molecule has 0 saturated carbocycles. The Morgan fingerprint density at radius 2 is 1.97 bits per heavy atom. The highest BCUT2D eigenvalue weighted by Gasteiger charge is 2.25. The Hall–Kier alpha value is -2.75. The van der Waals surface area contributed by atoms with Crippen LogP contribution in [0, 0.1) is 0 Å². The summed E-state index contributed by atoms with van der Waals surface area (Å²) in [5.41, 5.74) is 2.95. The van der Waals surface area contributed by atoms with Gasteiger partial charge in [-0.3, -0.25) is 0 Å². The van der Waals surface area contributed by atoms with Crippen molar-refractivity contribution in [2.24, 2.45) is 4.99 Å². The molecule has 1 saturated heterocycles. The number of hydrogen-bond acceptors (Lipinski definition) is 5. The third-order valence-corrected chi connectivity index (χ3v) is 5.32. The Labute approximate surface area is 206 Å². The number of methoxy groups -OCH3 is 1. The lowest BCUT2D eigenvalue weighted by Gasteiger charge is -2.22. The second-order valence-corrected chi connectivity index (χ2v) is 7.49. The molecule has 170 valence electrons. The number of guanidine groups is 1. The van der Waals surface area contributed by atoms with Gasteiger partial charge in [0, 0.05) is 37.3 Å². The number of ether oxygens (including phenoxy) is 1. The van der Waals surface area contributed by atoms with Crippen molar-refractivity contribution in [2.45, 2.75) is 25.9 Å². The average Bonchev–Trinajstić information content (AvgIpc) is 3.48. The predicted octanol–water partition coefficient (Wildman–Crippen LogP) is 4.30. The number of aromatic nitrogens is 1. The molecule has 4 rings (SSSR count). The molecule has 7 nitrogen and oxygen atoms in total. The minimum absolute atomic E-state index is 0. The summed E-state index contributed by atoms with van der Waals surface area (Å²) in [6, 6.07) is 20.4. The molecule has 0 bridgehead atoms. The number of para-hydroxylation sites is 2. The highest BCUT2D eigenvalue weighted by atomic mass is 127. The molecular weight excluding hydrogens is 517 g/mol. The molecule has 0 spiro atoms. The molecule has 1 aliphatic rings. The highest BCUT2D eigenvalue weighted by molar-refractivity contribution is 14.0. The van der Waals surface area contributed by atoms with Crippen molar-refractivity contribution < 1.29 is 9.26 Å². The van der Waals surface area contributed by atoms with Gasteiger partial charge in [-0.05, 0) is 25.5 Å². The van der Waals surface area contributed by atoms with Crippen LogP contribution in [0.15, 0.2) is 70.2 Å². The maximum atomic E-state index is 5.52. The van der Waals surface area contributed by atoms with Crippen LogP contribution in [0.25, 0.3) is 11.3 Å². The summed E-state index contributed by atoms with van der Waals surface area (Å²) in [6.07, 6.45) is 1.03. The molecule has 1 unspecified atom stereocenters. The molecule has 2 heterocycles. The topological polar surface area (TPSA) is 74.9 Å². The van der Waals surface area contributed by atoms with Crippen molar-refractivity contribution in [3.63, 3.8) is 0 Å². The van der Waals surface area contributed by atoms with Crippen molar-refractivity contribution in [2.75, 3.05) is 31.6 Å². The second-order valence-electron chi connectivity index (χ2n) is 7.49. The summed E-state index contributed by atoms with van der Waals surface area (Å²) in [5, 5.41) is 11.1. The van der Waals surface area contributed by atoms with Crippen LogP contribution in [0.4, 0.5) is 5.69 Å². The van der Waals surface area contributed by atoms with Gasteiger partial charge < -0.3 is 24.8 Å². The summed E-state index contributed by atoms with van der Waals surface area (Å²) < 4.78 is 11.0. The van der Waals surface area contributed by atoms with Crippen LogP contribution < -0.4 is 20.3 Å². The first-order valence-corrected chi connectivity index (χ1v) is 10.7. The number of nitrogens with one attached hydrogen (secondary N) is 2. The smallest absolute Gasteiger partial charge is 0.191 e. The zero-order chi connectivity index (χ0) is 21.5. The van der Waals surface area contributed by atoms with Gasteiger partial charge in [-0.15, -0.1) is 24.0 Å². The SMILES string of the molecule is CCNC(=NCc1cc(-c2ccccc2)on1)NC1CCN(c2ccccc2OC)C1.I. The van der Waals surface area contributed by atoms with E-state index in [4.69, 9.17) is 14.3 Å². The molecule has 3 aromatic rings. The van der Waals surface area contributed by atoms with Gasteiger partial charge in [0.2, 0.25) is 0 Å². The zero-order valence-corrected chi connectivity index (χ0v) is 20.8. The van der Waals surface area contributed by atoms with E-state index in [2.05, 4.69) is 33.7 Å². The van der Waals surface area contributed by atoms with Crippen molar-refractivity contribution in [1.82, 2.24) is 15.8 Å². The van der Waals surface area contributed by atoms with Crippen LogP contribution in [-0.4, -0.2) is 43.9 Å². The molecule has 2 aromatic carbocycles. The van der Waals surface area contributed by atoms with Gasteiger partial charge in [0.15, 0.2) is 11.7 Å². The van der Waals surface area contributed by atoms with E-state index < -0.39 is 0 Å². The lowest BCUT2D eigenvalue weighted by Crippen LogP contribution is -2.44. The summed E-state index contributed by atoms with van der Waals surface area (Å²) in [6.45, 7) is 5.18. The lowest BCUT2D eigenvalue weighted by molar-refractivity contribution is 0.415. The van der Waals surface area contributed by atoms with Gasteiger partial charge >= 0.3 is 0 Å². The average molecular weight is 547 g/mol. The largest absolute Gasteiger partial charge is 0.495 e. The van der Waals surface area contributed by atoms with E-state index in [-0.39, 0.29) is 24.0 Å². The lowest BCUT2D eigenvalue weighted by atomic mass is 10.2. The van der Waals surface area contributed by atoms with Crippen LogP contribution in [0.2, 0.25) is 0 Å². The van der Waals surface area contributed by atoms with Crippen LogP contribution >= 0.6 is 24.0 Å². The molecule has 0 aliphatic carbocycles. The number of benzene rings is 2. The Morgan fingerprint density at radius 1 is 1.19 bits per heavy atom. The normalized spacial score (nSPS) is 15.9. The van der Waals surface area contributed by atoms with Gasteiger partial charge in [-0.25, -0.2) is 4.99 Å². The molecule has 32 heavy (non-hydrogen) atoms. The van der Waals surface area contributed by atoms with Crippen molar-refractivity contribution in [1.29, 1.82) is 0 Å². The number of nitrogens with zero attached hydrogens (tertiary/aromatic N) is 3. The predicted molar refractivity (Wildman–Crippen MR) is 139 cm³/mol. The third-order valence-electron chi connectivity index (χ3n) is 5.32. The fourth-order valence-corrected chi connectivity index (χ4v) is 3.79. The van der Waals surface area contributed by atoms with Crippen LogP contribution in [0.1, 0.15) is 19.0 Å². The molecule has 0 amide bonds. The summed E-state index contributed by atoms with van der Waals surface area (Å²) in [4.78, 5) is 7.07. The van der Waals surface area contributed by atoms with Gasteiger partial charge in [0.05, 0.1) is 19.3 Å². The Bertz CT molecular complexity index is 1010. The summed E-state index contributed by atoms with van der Waals surface area (Å²) in [5.74, 6) is 2.45. The molecule has 1 fully saturated rings. The quantitative estimate of drug-likeness (QED) is 0.261. The Balaban J connectivity index is 0.00000289. The minimum Gasteiger partial charge on any atom is -0.495 e. The highest BCUT2D eigenvalue weighted by Crippen LogP contribution is 2.30. The summed E-state index contributed by atoms with van der Waals surface area (Å²) in [7, 11) is 1.72. The number of anilines is 1. The van der Waals surface area contributed by atoms with Gasteiger partial charge in [-0.1, -0.05) is 47.6 Å². The van der Waals surface area contributed by atoms with Gasteiger partial charge in [0.1, 0.15) is 11.4 Å². The van der Waals surface area contributed by atoms with Crippen molar-refractivity contribution in [3.8, 4) is 17.1 Å². The minimum atomic E-state index is 0. The second kappa shape index (κ2) is 11.8. The fourth-order valence-electron chi connectivity index (χ4n) is 3.79. The monoisotopic (exact) mass is 547 g/mol. The molecule has 2 N–H and O–H groups in total. The van der Waals surface area contributed by atoms with E-state index in [9.17, 15) is 0 Å². The van der Waals surface area contributed by atoms with Crippen LogP contribution in [0.5, 0.6) is 5.75 Å². The number of aliphatic imine (C=N–C) groups is 1. The van der Waals surface area contributed by atoms with E-state index in [1.165, 1.54) is 0 Å². The number of hydrogen-bond donors (Lipinski definition) is 2. The first-order valence-electron chi connectivity index (χ1n) is 10.7. The van der Waals surface area contributed by atoms with E-state index in [1.807, 2.05) is 54.6 Å². The van der Waals surface area contributed by atoms with Crippen molar-refractivity contribution in [3.05, 3.63) is 66.4 Å². The fraction of sp³-hybridized carbons (Fsp3) is 0.333. The Kier molecular flexibility index (Phi) is 8.78. The molecule has 1 aromatic heterocycles. The first kappa shape index (κ1) is 23.9. The molecule has 1 aliphatic heterocycles. The molecular formula is C24H30IN5O2. The maximum absolute atomic E-state index is 5.52. The molecule has 8 heteroatoms. The van der Waals surface area contributed by atoms with Crippen LogP contribution in [0.3, 0.4) is 0 Å². The molecule has 1 atom stereocenters. The molecule has 0 radical (unpaired) electrons. The van der Waals surface area contributed by atoms with Crippen molar-refractivity contribution >= 4 is 35.6 Å². The number of rotatable bonds is 7. The van der Waals surface area contributed by atoms with Crippen LogP contribution in [-0.2, 0) is 6.54 Å². The van der Waals surface area contributed by atoms with E-state index in [0.29, 0.717) is 12.6 Å². The Morgan fingerprint density at radius 3 is 2.75 bits per heavy atom. The van der Waals surface area contributed by atoms with E-state index in [1.54, 1.807) is 7.11 Å². The first-order chi connectivity index (χ1) is 15.3. The van der Waals surface area contributed by atoms with E-state index >= 15 is 0 Å². The number of halogens is 1. The zero-order valence-electron chi connectivity index (χ0n) is 18.5. The maximum Gasteiger partial charge on any atom is 0.191 e. The standard InChI is InChI=1S/C24H29N5O2.HI/c1-3-25-24(26-16-20-15-23(31-28-20)18-9-5-4-6-10-18)27-19-13-14-29(17-19)21-11-7-8-12-22(21)30-2;/h4-12,15,19H,3,13-14,16-17H2,1-2H3,(H2,25,26,27);1H. The van der Waals surface area contributed by atoms with Gasteiger partial charge in [-0.2, -0.15) is 0 Å². The van der Waals surface area contributed by atoms with E-state index in [0.717, 1.165) is 60.5 Å². The summed E-state index contributed by atoms with van der Waals surface area (Å²) >= 11 is 0. The van der Waals surface area contributed by atoms with Gasteiger partial charge in [0.25, 0.3) is 0 Å². The third kappa shape index (κ3) is 5.93.